The van der Waals surface area contributed by atoms with Crippen LogP contribution >= 0.6 is 23.5 Å². The Morgan fingerprint density at radius 3 is 2.96 bits per heavy atom. The minimum atomic E-state index is -1.14. The number of hydrogen-bond acceptors (Lipinski definition) is 9. The molecule has 2 aliphatic rings. The zero-order valence-electron chi connectivity index (χ0n) is 14.2. The molecule has 2 atom stereocenters. The third-order valence-electron chi connectivity index (χ3n) is 4.29. The minimum absolute atomic E-state index is 0.0143. The quantitative estimate of drug-likeness (QED) is 0.339. The monoisotopic (exact) mass is 408 g/mol. The molecule has 0 aliphatic carbocycles. The highest BCUT2D eigenvalue weighted by molar-refractivity contribution is 8.01. The maximum atomic E-state index is 12.0. The van der Waals surface area contributed by atoms with E-state index >= 15 is 0 Å². The number of rotatable bonds is 5. The Labute approximate surface area is 161 Å². The lowest BCUT2D eigenvalue weighted by Crippen LogP contribution is -2.68. The Balaban J connectivity index is 1.65. The second-order valence-electron chi connectivity index (χ2n) is 6.10. The highest BCUT2D eigenvalue weighted by atomic mass is 32.2. The standard InChI is InChI=1S/C15H16N6O4S2/c1-6-17-15-18-8(3-22)2-9(21(15)19-6)26-4-7-5-27-13-10(16)12(23)20(13)11(7)14(24)25/h2,10,13,22H,3-5,16H2,1H3,(H,24,25)/t10?,13-/m1/s1. The van der Waals surface area contributed by atoms with E-state index in [0.29, 0.717) is 39.4 Å². The van der Waals surface area contributed by atoms with Crippen molar-refractivity contribution in [1.29, 1.82) is 0 Å². The smallest absolute Gasteiger partial charge is 0.352 e. The van der Waals surface area contributed by atoms with Gasteiger partial charge in [-0.3, -0.25) is 9.69 Å². The number of nitrogens with two attached hydrogens (primary N) is 1. The SMILES string of the molecule is Cc1nc2nc(CO)cc(SCC3=C(C(=O)O)N4C(=O)C(N)[C@H]4SC3)n2n1. The van der Waals surface area contributed by atoms with Crippen LogP contribution < -0.4 is 5.73 Å². The summed E-state index contributed by atoms with van der Waals surface area (Å²) in [4.78, 5) is 33.5. The molecule has 1 amide bonds. The molecule has 0 bridgehead atoms. The Kier molecular flexibility index (Phi) is 4.58. The number of aliphatic carboxylic acids is 1. The molecular weight excluding hydrogens is 392 g/mol. The summed E-state index contributed by atoms with van der Waals surface area (Å²) < 4.78 is 1.56. The van der Waals surface area contributed by atoms with Gasteiger partial charge in [0.05, 0.1) is 12.3 Å². The number of nitrogens with zero attached hydrogens (tertiary/aromatic N) is 5. The molecule has 4 N–H and O–H groups in total. The van der Waals surface area contributed by atoms with E-state index in [2.05, 4.69) is 15.1 Å². The van der Waals surface area contributed by atoms with Crippen LogP contribution in [0.1, 0.15) is 11.5 Å². The molecule has 0 saturated carbocycles. The predicted octanol–water partition coefficient (Wildman–Crippen LogP) is -0.402. The second kappa shape index (κ2) is 6.78. The van der Waals surface area contributed by atoms with Crippen LogP contribution in [0.2, 0.25) is 0 Å². The van der Waals surface area contributed by atoms with Gasteiger partial charge in [-0.2, -0.15) is 9.50 Å². The topological polar surface area (TPSA) is 147 Å². The first-order valence-corrected chi connectivity index (χ1v) is 10.1. The first-order chi connectivity index (χ1) is 12.9. The van der Waals surface area contributed by atoms with Gasteiger partial charge < -0.3 is 15.9 Å². The number of carbonyl (C=O) groups is 2. The number of β-lactam (4-membered cyclic amide) rings is 1. The Hall–Kier alpha value is -2.15. The van der Waals surface area contributed by atoms with Gasteiger partial charge in [-0.1, -0.05) is 0 Å². The molecule has 142 valence electrons. The Morgan fingerprint density at radius 2 is 2.26 bits per heavy atom. The van der Waals surface area contributed by atoms with Crippen LogP contribution in [0.4, 0.5) is 0 Å². The van der Waals surface area contributed by atoms with Gasteiger partial charge in [0.1, 0.15) is 28.0 Å². The fraction of sp³-hybridized carbons (Fsp3) is 0.400. The number of aliphatic hydroxyl groups is 1. The van der Waals surface area contributed by atoms with Gasteiger partial charge in [-0.05, 0) is 18.6 Å². The molecule has 1 fully saturated rings. The van der Waals surface area contributed by atoms with Gasteiger partial charge in [-0.25, -0.2) is 9.78 Å². The van der Waals surface area contributed by atoms with Crippen molar-refractivity contribution in [2.75, 3.05) is 11.5 Å². The number of hydrogen-bond donors (Lipinski definition) is 3. The largest absolute Gasteiger partial charge is 0.477 e. The molecule has 1 saturated heterocycles. The number of aromatic nitrogens is 4. The van der Waals surface area contributed by atoms with E-state index in [0.717, 1.165) is 0 Å². The fourth-order valence-corrected chi connectivity index (χ4v) is 5.47. The molecule has 27 heavy (non-hydrogen) atoms. The molecule has 0 aromatic carbocycles. The molecule has 0 radical (unpaired) electrons. The van der Waals surface area contributed by atoms with Gasteiger partial charge in [0.2, 0.25) is 5.91 Å². The van der Waals surface area contributed by atoms with E-state index < -0.39 is 12.0 Å². The lowest BCUT2D eigenvalue weighted by molar-refractivity contribution is -0.147. The van der Waals surface area contributed by atoms with Crippen molar-refractivity contribution in [3.63, 3.8) is 0 Å². The van der Waals surface area contributed by atoms with Crippen LogP contribution in [0.5, 0.6) is 0 Å². The maximum absolute atomic E-state index is 12.0. The van der Waals surface area contributed by atoms with Gasteiger partial charge in [0, 0.05) is 11.5 Å². The zero-order valence-corrected chi connectivity index (χ0v) is 15.8. The van der Waals surface area contributed by atoms with E-state index in [-0.39, 0.29) is 23.6 Å². The van der Waals surface area contributed by atoms with Crippen LogP contribution in [0, 0.1) is 6.92 Å². The molecule has 2 aromatic heterocycles. The molecule has 10 nitrogen and oxygen atoms in total. The van der Waals surface area contributed by atoms with Crippen molar-refractivity contribution >= 4 is 41.2 Å². The number of aliphatic hydroxyl groups excluding tert-OH is 1. The summed E-state index contributed by atoms with van der Waals surface area (Å²) in [6.07, 6.45) is 0. The number of carbonyl (C=O) groups excluding carboxylic acids is 1. The predicted molar refractivity (Wildman–Crippen MR) is 97.9 cm³/mol. The Morgan fingerprint density at radius 1 is 1.48 bits per heavy atom. The average molecular weight is 408 g/mol. The summed E-state index contributed by atoms with van der Waals surface area (Å²) in [5.41, 5.74) is 6.87. The molecular formula is C15H16N6O4S2. The summed E-state index contributed by atoms with van der Waals surface area (Å²) in [6.45, 7) is 1.50. The van der Waals surface area contributed by atoms with Crippen molar-refractivity contribution in [3.05, 3.63) is 28.9 Å². The number of carboxylic acids is 1. The number of amides is 1. The highest BCUT2D eigenvalue weighted by Gasteiger charge is 2.51. The molecule has 4 rings (SSSR count). The van der Waals surface area contributed by atoms with Gasteiger partial charge in [0.25, 0.3) is 5.78 Å². The molecule has 2 aliphatic heterocycles. The third-order valence-corrected chi connectivity index (χ3v) is 6.73. The van der Waals surface area contributed by atoms with Crippen LogP contribution in [0.25, 0.3) is 5.78 Å². The van der Waals surface area contributed by atoms with Crippen LogP contribution in [-0.4, -0.2) is 69.5 Å². The van der Waals surface area contributed by atoms with Crippen LogP contribution in [-0.2, 0) is 16.2 Å². The average Bonchev–Trinajstić information content (AvgIpc) is 3.04. The third kappa shape index (κ3) is 2.98. The fourth-order valence-electron chi connectivity index (χ4n) is 3.02. The Bertz CT molecular complexity index is 990. The summed E-state index contributed by atoms with van der Waals surface area (Å²) in [5, 5.41) is 23.7. The summed E-state index contributed by atoms with van der Waals surface area (Å²) in [6, 6.07) is 1.04. The molecule has 4 heterocycles. The van der Waals surface area contributed by atoms with E-state index in [1.54, 1.807) is 17.5 Å². The van der Waals surface area contributed by atoms with Crippen molar-refractivity contribution < 1.29 is 19.8 Å². The summed E-state index contributed by atoms with van der Waals surface area (Å²) in [7, 11) is 0. The zero-order chi connectivity index (χ0) is 19.3. The van der Waals surface area contributed by atoms with E-state index in [1.807, 2.05) is 0 Å². The first kappa shape index (κ1) is 18.2. The van der Waals surface area contributed by atoms with Crippen LogP contribution in [0.15, 0.2) is 22.4 Å². The van der Waals surface area contributed by atoms with Crippen LogP contribution in [0.3, 0.4) is 0 Å². The molecule has 0 spiro atoms. The first-order valence-electron chi connectivity index (χ1n) is 8.03. The molecule has 2 aromatic rings. The normalized spacial score (nSPS) is 22.2. The minimum Gasteiger partial charge on any atom is -0.477 e. The van der Waals surface area contributed by atoms with Gasteiger partial charge in [0.15, 0.2) is 0 Å². The van der Waals surface area contributed by atoms with E-state index in [9.17, 15) is 19.8 Å². The van der Waals surface area contributed by atoms with Gasteiger partial charge >= 0.3 is 5.97 Å². The summed E-state index contributed by atoms with van der Waals surface area (Å²) in [5.74, 6) is 0.242. The van der Waals surface area contributed by atoms with Crippen molar-refractivity contribution in [1.82, 2.24) is 24.5 Å². The van der Waals surface area contributed by atoms with E-state index in [1.165, 1.54) is 28.4 Å². The van der Waals surface area contributed by atoms with Crippen molar-refractivity contribution in [3.8, 4) is 0 Å². The number of aryl methyl sites for hydroxylation is 1. The molecule has 12 heteroatoms. The number of fused-ring (bicyclic) bond motifs is 2. The van der Waals surface area contributed by atoms with E-state index in [4.69, 9.17) is 5.73 Å². The maximum Gasteiger partial charge on any atom is 0.352 e. The van der Waals surface area contributed by atoms with Crippen molar-refractivity contribution in [2.45, 2.75) is 30.0 Å². The lowest BCUT2D eigenvalue weighted by atomic mass is 10.0. The van der Waals surface area contributed by atoms with Crippen molar-refractivity contribution in [2.24, 2.45) is 5.73 Å². The second-order valence-corrected chi connectivity index (χ2v) is 8.20. The van der Waals surface area contributed by atoms with Gasteiger partial charge in [-0.15, -0.1) is 28.6 Å². The lowest BCUT2D eigenvalue weighted by Gasteiger charge is -2.48. The number of carboxylic acid groups (broad SMARTS) is 1. The number of thioether (sulfide) groups is 2. The highest BCUT2D eigenvalue weighted by Crippen LogP contribution is 2.40. The summed E-state index contributed by atoms with van der Waals surface area (Å²) >= 11 is 2.82. The molecule has 1 unspecified atom stereocenters.